The number of nitrogens with zero attached hydrogens (tertiary/aromatic N) is 1. The van der Waals surface area contributed by atoms with Crippen LogP contribution in [0.2, 0.25) is 0 Å². The molecule has 0 atom stereocenters. The first-order valence-corrected chi connectivity index (χ1v) is 5.50. The van der Waals surface area contributed by atoms with E-state index in [9.17, 15) is 0 Å². The zero-order valence-electron chi connectivity index (χ0n) is 8.35. The third-order valence-corrected chi connectivity index (χ3v) is 2.63. The molecular formula is C13H8BrNO. The van der Waals surface area contributed by atoms with E-state index in [1.165, 1.54) is 0 Å². The normalized spacial score (nSPS) is 11.1. The molecule has 0 fully saturated rings. The largest absolute Gasteiger partial charge is 0.465 e. The summed E-state index contributed by atoms with van der Waals surface area (Å²) in [5.74, 6) is 0.680. The Bertz CT molecular complexity index is 532. The van der Waals surface area contributed by atoms with Gasteiger partial charge in [-0.1, -0.05) is 28.1 Å². The summed E-state index contributed by atoms with van der Waals surface area (Å²) < 4.78 is 6.17. The van der Waals surface area contributed by atoms with Crippen LogP contribution >= 0.6 is 15.9 Å². The highest BCUT2D eigenvalue weighted by Crippen LogP contribution is 2.20. The predicted molar refractivity (Wildman–Crippen MR) is 66.3 cm³/mol. The second-order valence-electron chi connectivity index (χ2n) is 3.19. The highest BCUT2D eigenvalue weighted by molar-refractivity contribution is 9.10. The zero-order valence-corrected chi connectivity index (χ0v) is 9.94. The SMILES string of the molecule is N#C/C(=C/c1ccco1)c1ccc(Br)cc1. The zero-order chi connectivity index (χ0) is 11.4. The Morgan fingerprint density at radius 2 is 2.00 bits per heavy atom. The molecule has 0 bridgehead atoms. The van der Waals surface area contributed by atoms with Gasteiger partial charge in [-0.3, -0.25) is 0 Å². The van der Waals surface area contributed by atoms with E-state index in [1.807, 2.05) is 30.3 Å². The van der Waals surface area contributed by atoms with Crippen LogP contribution in [0.1, 0.15) is 11.3 Å². The lowest BCUT2D eigenvalue weighted by Gasteiger charge is -1.98. The molecule has 0 aliphatic heterocycles. The first-order valence-electron chi connectivity index (χ1n) is 4.71. The van der Waals surface area contributed by atoms with Gasteiger partial charge in [0.2, 0.25) is 0 Å². The molecule has 1 heterocycles. The summed E-state index contributed by atoms with van der Waals surface area (Å²) in [7, 11) is 0. The van der Waals surface area contributed by atoms with Gasteiger partial charge in [0, 0.05) is 4.47 Å². The Morgan fingerprint density at radius 1 is 1.25 bits per heavy atom. The van der Waals surface area contributed by atoms with Crippen LogP contribution in [0.5, 0.6) is 0 Å². The molecule has 16 heavy (non-hydrogen) atoms. The van der Waals surface area contributed by atoms with Crippen molar-refractivity contribution < 1.29 is 4.42 Å². The van der Waals surface area contributed by atoms with Crippen molar-refractivity contribution in [1.29, 1.82) is 5.26 Å². The average molecular weight is 274 g/mol. The molecule has 0 saturated carbocycles. The van der Waals surface area contributed by atoms with E-state index >= 15 is 0 Å². The Hall–Kier alpha value is -1.79. The van der Waals surface area contributed by atoms with E-state index < -0.39 is 0 Å². The van der Waals surface area contributed by atoms with Crippen molar-refractivity contribution in [2.45, 2.75) is 0 Å². The summed E-state index contributed by atoms with van der Waals surface area (Å²) in [6.45, 7) is 0. The van der Waals surface area contributed by atoms with Gasteiger partial charge in [-0.2, -0.15) is 5.26 Å². The highest BCUT2D eigenvalue weighted by Gasteiger charge is 2.01. The van der Waals surface area contributed by atoms with Crippen molar-refractivity contribution in [2.24, 2.45) is 0 Å². The van der Waals surface area contributed by atoms with Crippen LogP contribution in [0, 0.1) is 11.3 Å². The van der Waals surface area contributed by atoms with Gasteiger partial charge in [0.1, 0.15) is 5.76 Å². The molecule has 3 heteroatoms. The molecule has 1 aromatic carbocycles. The van der Waals surface area contributed by atoms with Gasteiger partial charge in [0.25, 0.3) is 0 Å². The van der Waals surface area contributed by atoms with E-state index in [4.69, 9.17) is 9.68 Å². The molecule has 1 aromatic heterocycles. The van der Waals surface area contributed by atoms with Crippen molar-refractivity contribution in [1.82, 2.24) is 0 Å². The van der Waals surface area contributed by atoms with E-state index in [0.717, 1.165) is 10.0 Å². The maximum absolute atomic E-state index is 9.08. The minimum absolute atomic E-state index is 0.586. The first kappa shape index (κ1) is 10.7. The van der Waals surface area contributed by atoms with Crippen LogP contribution in [0.3, 0.4) is 0 Å². The fourth-order valence-electron chi connectivity index (χ4n) is 1.33. The Labute approximate surface area is 102 Å². The number of hydrogen-bond acceptors (Lipinski definition) is 2. The van der Waals surface area contributed by atoms with Crippen LogP contribution in [0.4, 0.5) is 0 Å². The minimum Gasteiger partial charge on any atom is -0.465 e. The molecule has 0 N–H and O–H groups in total. The molecule has 0 amide bonds. The molecule has 0 aliphatic rings. The number of rotatable bonds is 2. The average Bonchev–Trinajstić information content (AvgIpc) is 2.80. The van der Waals surface area contributed by atoms with Crippen molar-refractivity contribution in [2.75, 3.05) is 0 Å². The van der Waals surface area contributed by atoms with Gasteiger partial charge in [0.15, 0.2) is 0 Å². The number of benzene rings is 1. The first-order chi connectivity index (χ1) is 7.79. The van der Waals surface area contributed by atoms with E-state index in [-0.39, 0.29) is 0 Å². The number of furan rings is 1. The summed E-state index contributed by atoms with van der Waals surface area (Å²) in [6.07, 6.45) is 3.31. The third kappa shape index (κ3) is 2.41. The Morgan fingerprint density at radius 3 is 2.56 bits per heavy atom. The second-order valence-corrected chi connectivity index (χ2v) is 4.11. The Balaban J connectivity index is 2.37. The molecule has 0 unspecified atom stereocenters. The number of nitriles is 1. The van der Waals surface area contributed by atoms with Crippen LogP contribution in [-0.2, 0) is 0 Å². The minimum atomic E-state index is 0.586. The third-order valence-electron chi connectivity index (χ3n) is 2.11. The standard InChI is InChI=1S/C13H8BrNO/c14-12-5-3-10(4-6-12)11(9-15)8-13-2-1-7-16-13/h1-8H/b11-8-. The topological polar surface area (TPSA) is 36.9 Å². The lowest BCUT2D eigenvalue weighted by atomic mass is 10.1. The highest BCUT2D eigenvalue weighted by atomic mass is 79.9. The summed E-state index contributed by atoms with van der Waals surface area (Å²) in [6, 6.07) is 13.4. The van der Waals surface area contributed by atoms with Crippen molar-refractivity contribution >= 4 is 27.6 Å². The molecule has 0 spiro atoms. The lowest BCUT2D eigenvalue weighted by molar-refractivity contribution is 0.557. The lowest BCUT2D eigenvalue weighted by Crippen LogP contribution is -1.80. The maximum Gasteiger partial charge on any atom is 0.127 e. The van der Waals surface area contributed by atoms with Gasteiger partial charge in [0.05, 0.1) is 17.9 Å². The molecule has 2 aromatic rings. The van der Waals surface area contributed by atoms with Crippen molar-refractivity contribution in [3.05, 3.63) is 58.5 Å². The van der Waals surface area contributed by atoms with Gasteiger partial charge in [-0.15, -0.1) is 0 Å². The van der Waals surface area contributed by atoms with Crippen LogP contribution in [-0.4, -0.2) is 0 Å². The number of hydrogen-bond donors (Lipinski definition) is 0. The fraction of sp³-hybridized carbons (Fsp3) is 0. The molecule has 0 radical (unpaired) electrons. The smallest absolute Gasteiger partial charge is 0.127 e. The summed E-state index contributed by atoms with van der Waals surface area (Å²) in [5, 5.41) is 9.08. The molecule has 2 nitrogen and oxygen atoms in total. The van der Waals surface area contributed by atoms with Crippen molar-refractivity contribution in [3.63, 3.8) is 0 Å². The van der Waals surface area contributed by atoms with Crippen LogP contribution in [0.25, 0.3) is 11.6 Å². The molecule has 0 saturated heterocycles. The maximum atomic E-state index is 9.08. The number of halogens is 1. The number of allylic oxidation sites excluding steroid dienone is 1. The summed E-state index contributed by atoms with van der Waals surface area (Å²) in [5.41, 5.74) is 1.46. The molecule has 0 aliphatic carbocycles. The molecular weight excluding hydrogens is 266 g/mol. The van der Waals surface area contributed by atoms with Gasteiger partial charge in [-0.25, -0.2) is 0 Å². The van der Waals surface area contributed by atoms with Gasteiger partial charge < -0.3 is 4.42 Å². The molecule has 2 rings (SSSR count). The second kappa shape index (κ2) is 4.82. The predicted octanol–water partition coefficient (Wildman–Crippen LogP) is 4.11. The fourth-order valence-corrected chi connectivity index (χ4v) is 1.59. The van der Waals surface area contributed by atoms with E-state index in [2.05, 4.69) is 22.0 Å². The van der Waals surface area contributed by atoms with Crippen LogP contribution < -0.4 is 0 Å². The van der Waals surface area contributed by atoms with Gasteiger partial charge >= 0.3 is 0 Å². The molecule has 78 valence electrons. The van der Waals surface area contributed by atoms with Crippen LogP contribution in [0.15, 0.2) is 51.6 Å². The quantitative estimate of drug-likeness (QED) is 0.773. The van der Waals surface area contributed by atoms with E-state index in [0.29, 0.717) is 11.3 Å². The monoisotopic (exact) mass is 273 g/mol. The summed E-state index contributed by atoms with van der Waals surface area (Å²) in [4.78, 5) is 0. The van der Waals surface area contributed by atoms with Crippen molar-refractivity contribution in [3.8, 4) is 6.07 Å². The van der Waals surface area contributed by atoms with Gasteiger partial charge in [-0.05, 0) is 35.9 Å². The Kier molecular flexibility index (Phi) is 3.23. The van der Waals surface area contributed by atoms with E-state index in [1.54, 1.807) is 18.4 Å². The summed E-state index contributed by atoms with van der Waals surface area (Å²) >= 11 is 3.36.